The number of alkyl halides is 1. The third-order valence-electron chi connectivity index (χ3n) is 3.28. The van der Waals surface area contributed by atoms with Crippen LogP contribution in [-0.2, 0) is 0 Å². The average molecular weight is 315 g/mol. The highest BCUT2D eigenvalue weighted by molar-refractivity contribution is 6.17. The zero-order valence-corrected chi connectivity index (χ0v) is 12.9. The van der Waals surface area contributed by atoms with Gasteiger partial charge in [-0.05, 0) is 18.4 Å². The van der Waals surface area contributed by atoms with Crippen LogP contribution >= 0.6 is 11.6 Å². The van der Waals surface area contributed by atoms with Crippen molar-refractivity contribution in [1.29, 1.82) is 0 Å². The molecule has 1 aromatic carbocycles. The van der Waals surface area contributed by atoms with Crippen LogP contribution in [0.15, 0.2) is 18.2 Å². The van der Waals surface area contributed by atoms with Crippen molar-refractivity contribution >= 4 is 23.2 Å². The summed E-state index contributed by atoms with van der Waals surface area (Å²) in [6.07, 6.45) is 1.76. The number of hydrogen-bond acceptors (Lipinski definition) is 4. The van der Waals surface area contributed by atoms with Crippen LogP contribution in [0, 0.1) is 16.0 Å². The SMILES string of the molecule is CCC(CCCl)CNC(=O)c1ccc([N+](=O)[O-])c(OC)c1. The number of nitrogens with one attached hydrogen (secondary N) is 1. The molecule has 0 aliphatic carbocycles. The molecule has 0 saturated heterocycles. The van der Waals surface area contributed by atoms with Crippen molar-refractivity contribution in [2.24, 2.45) is 5.92 Å². The molecule has 1 rings (SSSR count). The molecule has 0 aliphatic rings. The molecule has 7 heteroatoms. The van der Waals surface area contributed by atoms with E-state index in [1.165, 1.54) is 25.3 Å². The Morgan fingerprint density at radius 2 is 2.24 bits per heavy atom. The second-order valence-electron chi connectivity index (χ2n) is 4.61. The molecular formula is C14H19ClN2O4. The van der Waals surface area contributed by atoms with Crippen LogP contribution in [0.5, 0.6) is 5.75 Å². The number of hydrogen-bond donors (Lipinski definition) is 1. The topological polar surface area (TPSA) is 81.5 Å². The predicted octanol–water partition coefficient (Wildman–Crippen LogP) is 2.99. The van der Waals surface area contributed by atoms with Crippen molar-refractivity contribution < 1.29 is 14.5 Å². The third kappa shape index (κ3) is 4.90. The second kappa shape index (κ2) is 8.46. The number of amides is 1. The van der Waals surface area contributed by atoms with Crippen LogP contribution in [-0.4, -0.2) is 30.4 Å². The van der Waals surface area contributed by atoms with Gasteiger partial charge in [-0.15, -0.1) is 11.6 Å². The summed E-state index contributed by atoms with van der Waals surface area (Å²) in [5.74, 6) is 0.669. The van der Waals surface area contributed by atoms with Crippen LogP contribution in [0.2, 0.25) is 0 Å². The lowest BCUT2D eigenvalue weighted by atomic mass is 10.0. The summed E-state index contributed by atoms with van der Waals surface area (Å²) >= 11 is 5.70. The van der Waals surface area contributed by atoms with Crippen LogP contribution < -0.4 is 10.1 Å². The van der Waals surface area contributed by atoms with Gasteiger partial charge < -0.3 is 10.1 Å². The molecule has 0 aliphatic heterocycles. The van der Waals surface area contributed by atoms with E-state index in [-0.39, 0.29) is 17.3 Å². The Morgan fingerprint density at radius 3 is 2.76 bits per heavy atom. The summed E-state index contributed by atoms with van der Waals surface area (Å²) in [7, 11) is 1.33. The van der Waals surface area contributed by atoms with Gasteiger partial charge in [0.2, 0.25) is 0 Å². The van der Waals surface area contributed by atoms with E-state index in [0.29, 0.717) is 23.9 Å². The normalized spacial score (nSPS) is 11.8. The fraction of sp³-hybridized carbons (Fsp3) is 0.500. The van der Waals surface area contributed by atoms with Gasteiger partial charge in [-0.3, -0.25) is 14.9 Å². The number of rotatable bonds is 8. The Labute approximate surface area is 128 Å². The van der Waals surface area contributed by atoms with Crippen molar-refractivity contribution in [2.75, 3.05) is 19.5 Å². The van der Waals surface area contributed by atoms with Crippen molar-refractivity contribution in [1.82, 2.24) is 5.32 Å². The summed E-state index contributed by atoms with van der Waals surface area (Å²) < 4.78 is 4.94. The molecule has 0 radical (unpaired) electrons. The molecule has 0 aromatic heterocycles. The number of benzene rings is 1. The number of ether oxygens (including phenoxy) is 1. The Hall–Kier alpha value is -1.82. The van der Waals surface area contributed by atoms with E-state index in [1.807, 2.05) is 6.92 Å². The Balaban J connectivity index is 2.76. The van der Waals surface area contributed by atoms with Crippen LogP contribution in [0.3, 0.4) is 0 Å². The smallest absolute Gasteiger partial charge is 0.310 e. The highest BCUT2D eigenvalue weighted by Gasteiger charge is 2.17. The minimum atomic E-state index is -0.548. The Bertz CT molecular complexity index is 508. The highest BCUT2D eigenvalue weighted by Crippen LogP contribution is 2.27. The summed E-state index contributed by atoms with van der Waals surface area (Å²) in [5.41, 5.74) is 0.167. The van der Waals surface area contributed by atoms with Gasteiger partial charge in [0.15, 0.2) is 5.75 Å². The number of carbonyl (C=O) groups is 1. The molecule has 116 valence electrons. The molecule has 1 N–H and O–H groups in total. The van der Waals surface area contributed by atoms with Crippen molar-refractivity contribution in [3.63, 3.8) is 0 Å². The van der Waals surface area contributed by atoms with Gasteiger partial charge >= 0.3 is 5.69 Å². The number of carbonyl (C=O) groups excluding carboxylic acids is 1. The van der Waals surface area contributed by atoms with Crippen LogP contribution in [0.25, 0.3) is 0 Å². The number of nitro groups is 1. The fourth-order valence-corrected chi connectivity index (χ4v) is 2.22. The van der Waals surface area contributed by atoms with E-state index in [2.05, 4.69) is 5.32 Å². The minimum Gasteiger partial charge on any atom is -0.490 e. The standard InChI is InChI=1S/C14H19ClN2O4/c1-3-10(6-7-15)9-16-14(18)11-4-5-12(17(19)20)13(8-11)21-2/h4-5,8,10H,3,6-7,9H2,1-2H3,(H,16,18). The van der Waals surface area contributed by atoms with Crippen LogP contribution in [0.1, 0.15) is 30.1 Å². The van der Waals surface area contributed by atoms with Gasteiger partial charge in [0.1, 0.15) is 0 Å². The minimum absolute atomic E-state index is 0.0699. The lowest BCUT2D eigenvalue weighted by molar-refractivity contribution is -0.385. The zero-order valence-electron chi connectivity index (χ0n) is 12.1. The van der Waals surface area contributed by atoms with E-state index in [9.17, 15) is 14.9 Å². The maximum absolute atomic E-state index is 12.0. The van der Waals surface area contributed by atoms with Gasteiger partial charge in [-0.25, -0.2) is 0 Å². The summed E-state index contributed by atoms with van der Waals surface area (Å²) in [5, 5.41) is 13.6. The lowest BCUT2D eigenvalue weighted by Crippen LogP contribution is -2.29. The van der Waals surface area contributed by atoms with E-state index in [4.69, 9.17) is 16.3 Å². The number of nitrogens with zero attached hydrogens (tertiary/aromatic N) is 1. The van der Waals surface area contributed by atoms with Gasteiger partial charge in [-0.2, -0.15) is 0 Å². The van der Waals surface area contributed by atoms with Gasteiger partial charge in [0.05, 0.1) is 12.0 Å². The van der Waals surface area contributed by atoms with E-state index in [0.717, 1.165) is 12.8 Å². The molecule has 21 heavy (non-hydrogen) atoms. The molecule has 6 nitrogen and oxygen atoms in total. The van der Waals surface area contributed by atoms with Crippen molar-refractivity contribution in [2.45, 2.75) is 19.8 Å². The van der Waals surface area contributed by atoms with Gasteiger partial charge in [0.25, 0.3) is 5.91 Å². The zero-order chi connectivity index (χ0) is 15.8. The first kappa shape index (κ1) is 17.2. The molecule has 1 aromatic rings. The molecule has 1 unspecified atom stereocenters. The lowest BCUT2D eigenvalue weighted by Gasteiger charge is -2.14. The molecule has 1 amide bonds. The van der Waals surface area contributed by atoms with E-state index < -0.39 is 4.92 Å². The first-order valence-electron chi connectivity index (χ1n) is 6.70. The molecule has 1 atom stereocenters. The first-order valence-corrected chi connectivity index (χ1v) is 7.23. The quantitative estimate of drug-likeness (QED) is 0.454. The van der Waals surface area contributed by atoms with E-state index >= 15 is 0 Å². The fourth-order valence-electron chi connectivity index (χ4n) is 1.91. The molecule has 0 bridgehead atoms. The van der Waals surface area contributed by atoms with Gasteiger partial charge in [-0.1, -0.05) is 13.3 Å². The molecule has 0 spiro atoms. The highest BCUT2D eigenvalue weighted by atomic mass is 35.5. The first-order chi connectivity index (χ1) is 10.0. The maximum Gasteiger partial charge on any atom is 0.310 e. The summed E-state index contributed by atoms with van der Waals surface area (Å²) in [4.78, 5) is 22.3. The number of methoxy groups -OCH3 is 1. The summed E-state index contributed by atoms with van der Waals surface area (Å²) in [6, 6.07) is 4.05. The molecule has 0 heterocycles. The Morgan fingerprint density at radius 1 is 1.52 bits per heavy atom. The maximum atomic E-state index is 12.0. The summed E-state index contributed by atoms with van der Waals surface area (Å²) in [6.45, 7) is 2.57. The van der Waals surface area contributed by atoms with Crippen LogP contribution in [0.4, 0.5) is 5.69 Å². The molecule has 0 fully saturated rings. The number of halogens is 1. The molecular weight excluding hydrogens is 296 g/mol. The molecule has 0 saturated carbocycles. The second-order valence-corrected chi connectivity index (χ2v) is 4.98. The van der Waals surface area contributed by atoms with Crippen molar-refractivity contribution in [3.05, 3.63) is 33.9 Å². The number of nitro benzene ring substituents is 1. The van der Waals surface area contributed by atoms with Gasteiger partial charge in [0, 0.05) is 30.1 Å². The predicted molar refractivity (Wildman–Crippen MR) is 81.1 cm³/mol. The average Bonchev–Trinajstić information content (AvgIpc) is 2.50. The van der Waals surface area contributed by atoms with E-state index in [1.54, 1.807) is 0 Å². The Kier molecular flexibility index (Phi) is 6.94. The van der Waals surface area contributed by atoms with Crippen molar-refractivity contribution in [3.8, 4) is 5.75 Å². The largest absolute Gasteiger partial charge is 0.490 e. The third-order valence-corrected chi connectivity index (χ3v) is 3.50. The monoisotopic (exact) mass is 314 g/mol.